The van der Waals surface area contributed by atoms with Crippen LogP contribution in [0, 0.1) is 0 Å². The Kier molecular flexibility index (Phi) is 14.6. The van der Waals surface area contributed by atoms with Gasteiger partial charge in [-0.05, 0) is 30.2 Å². The van der Waals surface area contributed by atoms with Gasteiger partial charge >= 0.3 is 0 Å². The average Bonchev–Trinajstić information content (AvgIpc) is 2.92. The van der Waals surface area contributed by atoms with Gasteiger partial charge < -0.3 is 0 Å². The van der Waals surface area contributed by atoms with Gasteiger partial charge in [0.25, 0.3) is 0 Å². The monoisotopic (exact) mass is 439 g/mol. The number of thioether (sulfide) groups is 5. The molecule has 0 saturated carbocycles. The Labute approximate surface area is 167 Å². The fraction of sp³-hybridized carbons (Fsp3) is 1.00. The Balaban J connectivity index is 2.28. The molecule has 1 aliphatic heterocycles. The molecule has 0 aromatic carbocycles. The van der Waals surface area contributed by atoms with Gasteiger partial charge in [-0.25, -0.2) is 0 Å². The average molecular weight is 440 g/mol. The second-order valence-electron chi connectivity index (χ2n) is 4.51. The van der Waals surface area contributed by atoms with E-state index in [2.05, 4.69) is 79.2 Å². The van der Waals surface area contributed by atoms with Crippen molar-refractivity contribution in [3.8, 4) is 0 Å². The molecule has 1 rings (SSSR count). The molecule has 0 aliphatic carbocycles. The van der Waals surface area contributed by atoms with E-state index >= 15 is 0 Å². The van der Waals surface area contributed by atoms with Crippen LogP contribution in [0.5, 0.6) is 0 Å². The van der Waals surface area contributed by atoms with Crippen LogP contribution in [0.15, 0.2) is 0 Å². The van der Waals surface area contributed by atoms with E-state index in [9.17, 15) is 0 Å². The standard InChI is InChI=1S/C13H26S8/c1-13(20-10-11-21-13)12(18-8-6-16-4-2-14)19-9-7-17-5-3-15/h12,14-15H,2-11H2,1H3/p+1. The second kappa shape index (κ2) is 14.0. The molecule has 1 heterocycles. The largest absolute Gasteiger partial charge is 0.184 e. The third-order valence-corrected chi connectivity index (χ3v) is 13.9. The fourth-order valence-electron chi connectivity index (χ4n) is 1.83. The summed E-state index contributed by atoms with van der Waals surface area (Å²) >= 11 is 20.9. The highest BCUT2D eigenvalue weighted by Gasteiger charge is 2.43. The fourth-order valence-corrected chi connectivity index (χ4v) is 11.5. The smallest absolute Gasteiger partial charge is 0.179 e. The van der Waals surface area contributed by atoms with E-state index in [4.69, 9.17) is 0 Å². The minimum Gasteiger partial charge on any atom is -0.179 e. The zero-order valence-electron chi connectivity index (χ0n) is 12.5. The number of hydrogen-bond donors (Lipinski definition) is 2. The van der Waals surface area contributed by atoms with Gasteiger partial charge in [-0.1, -0.05) is 0 Å². The normalized spacial score (nSPS) is 19.0. The molecular weight excluding hydrogens is 413 g/mol. The lowest BCUT2D eigenvalue weighted by Gasteiger charge is -2.26. The van der Waals surface area contributed by atoms with Crippen LogP contribution < -0.4 is 0 Å². The first-order valence-corrected chi connectivity index (χ1v) is 14.9. The molecule has 126 valence electrons. The van der Waals surface area contributed by atoms with Gasteiger partial charge in [0.15, 0.2) is 4.58 Å². The summed E-state index contributed by atoms with van der Waals surface area (Å²) in [5.74, 6) is 12.2. The Morgan fingerprint density at radius 1 is 1.00 bits per heavy atom. The first kappa shape index (κ1) is 21.8. The van der Waals surface area contributed by atoms with Gasteiger partial charge in [-0.3, -0.25) is 0 Å². The Morgan fingerprint density at radius 3 is 2.24 bits per heavy atom. The second-order valence-corrected chi connectivity index (χ2v) is 14.1. The summed E-state index contributed by atoms with van der Waals surface area (Å²) in [4.78, 5) is 0. The lowest BCUT2D eigenvalue weighted by molar-refractivity contribution is 1.01. The van der Waals surface area contributed by atoms with Crippen molar-refractivity contribution >= 4 is 95.8 Å². The highest BCUT2D eigenvalue weighted by Crippen LogP contribution is 2.50. The van der Waals surface area contributed by atoms with Crippen molar-refractivity contribution in [2.45, 2.75) is 15.6 Å². The van der Waals surface area contributed by atoms with Crippen LogP contribution in [0.4, 0.5) is 0 Å². The van der Waals surface area contributed by atoms with Crippen LogP contribution in [0.3, 0.4) is 0 Å². The van der Waals surface area contributed by atoms with Crippen molar-refractivity contribution < 1.29 is 0 Å². The predicted octanol–water partition coefficient (Wildman–Crippen LogP) is 4.38. The summed E-state index contributed by atoms with van der Waals surface area (Å²) in [5.41, 5.74) is 0. The van der Waals surface area contributed by atoms with Gasteiger partial charge in [0.2, 0.25) is 0 Å². The molecule has 0 N–H and O–H groups in total. The van der Waals surface area contributed by atoms with Crippen molar-refractivity contribution in [3.63, 3.8) is 0 Å². The third-order valence-electron chi connectivity index (χ3n) is 2.81. The van der Waals surface area contributed by atoms with E-state index in [-0.39, 0.29) is 0 Å². The number of hydrogen-bond acceptors (Lipinski definition) is 7. The molecule has 0 spiro atoms. The van der Waals surface area contributed by atoms with Gasteiger partial charge in [-0.15, -0.1) is 35.3 Å². The van der Waals surface area contributed by atoms with Crippen LogP contribution in [0.25, 0.3) is 0 Å². The van der Waals surface area contributed by atoms with Crippen molar-refractivity contribution in [1.29, 1.82) is 0 Å². The molecule has 0 nitrogen and oxygen atoms in total. The summed E-state index contributed by atoms with van der Waals surface area (Å²) in [6.45, 7) is 2.47. The Bertz CT molecular complexity index is 230. The summed E-state index contributed by atoms with van der Waals surface area (Å²) in [6, 6.07) is 0. The van der Waals surface area contributed by atoms with Crippen LogP contribution in [-0.4, -0.2) is 66.2 Å². The zero-order chi connectivity index (χ0) is 15.4. The molecule has 21 heavy (non-hydrogen) atoms. The number of thiol groups is 3. The Morgan fingerprint density at radius 2 is 1.62 bits per heavy atom. The van der Waals surface area contributed by atoms with Crippen molar-refractivity contribution in [2.75, 3.05) is 57.5 Å². The van der Waals surface area contributed by atoms with Crippen molar-refractivity contribution in [3.05, 3.63) is 0 Å². The maximum atomic E-state index is 4.28. The van der Waals surface area contributed by atoms with Gasteiger partial charge in [0, 0.05) is 40.3 Å². The van der Waals surface area contributed by atoms with E-state index in [1.54, 1.807) is 11.8 Å². The van der Waals surface area contributed by atoms with E-state index in [0.29, 0.717) is 4.08 Å². The van der Waals surface area contributed by atoms with Crippen LogP contribution in [0.1, 0.15) is 6.92 Å². The highest BCUT2D eigenvalue weighted by molar-refractivity contribution is 8.24. The lowest BCUT2D eigenvalue weighted by atomic mass is 10.5. The molecule has 1 saturated heterocycles. The topological polar surface area (TPSA) is 0 Å². The quantitative estimate of drug-likeness (QED) is 0.247. The summed E-state index contributed by atoms with van der Waals surface area (Å²) < 4.78 is 1.22. The zero-order valence-corrected chi connectivity index (χ0v) is 19.3. The van der Waals surface area contributed by atoms with Crippen LogP contribution in [-0.2, 0) is 11.8 Å². The molecule has 0 bridgehead atoms. The first-order chi connectivity index (χ1) is 10.2. The van der Waals surface area contributed by atoms with E-state index < -0.39 is 0 Å². The van der Waals surface area contributed by atoms with E-state index in [1.807, 2.05) is 11.8 Å². The van der Waals surface area contributed by atoms with E-state index in [1.165, 1.54) is 46.0 Å². The maximum Gasteiger partial charge on any atom is 0.184 e. The van der Waals surface area contributed by atoms with Crippen molar-refractivity contribution in [2.24, 2.45) is 0 Å². The minimum absolute atomic E-state index is 0.439. The van der Waals surface area contributed by atoms with Crippen molar-refractivity contribution in [1.82, 2.24) is 0 Å². The minimum atomic E-state index is 0.439. The molecular formula is C13H27S8+. The third kappa shape index (κ3) is 9.75. The first-order valence-electron chi connectivity index (χ1n) is 7.16. The highest BCUT2D eigenvalue weighted by atomic mass is 32.2. The predicted molar refractivity (Wildman–Crippen MR) is 126 cm³/mol. The van der Waals surface area contributed by atoms with Crippen LogP contribution >= 0.6 is 84.1 Å². The van der Waals surface area contributed by atoms with E-state index in [0.717, 1.165) is 16.1 Å². The SMILES string of the molecule is CC1(C(SCCSCCS)[SH+]CCSCCS)SCCS1. The molecule has 1 fully saturated rings. The summed E-state index contributed by atoms with van der Waals surface area (Å²) in [7, 11) is 0. The van der Waals surface area contributed by atoms with Gasteiger partial charge in [0.1, 0.15) is 9.83 Å². The lowest BCUT2D eigenvalue weighted by Crippen LogP contribution is -2.31. The molecule has 8 heteroatoms. The van der Waals surface area contributed by atoms with Gasteiger partial charge in [0.05, 0.1) is 0 Å². The number of rotatable bonds is 13. The van der Waals surface area contributed by atoms with Crippen LogP contribution in [0.2, 0.25) is 0 Å². The maximum absolute atomic E-state index is 4.28. The molecule has 1 unspecified atom stereocenters. The Hall–Kier alpha value is 2.80. The molecule has 1 atom stereocenters. The molecule has 0 aromatic heterocycles. The molecule has 1 aliphatic rings. The molecule has 0 radical (unpaired) electrons. The molecule has 0 aromatic rings. The van der Waals surface area contributed by atoms with Gasteiger partial charge in [-0.2, -0.15) is 48.8 Å². The molecule has 0 amide bonds. The summed E-state index contributed by atoms with van der Waals surface area (Å²) in [6.07, 6.45) is 0. The summed E-state index contributed by atoms with van der Waals surface area (Å²) in [5, 5.41) is 0.